The highest BCUT2D eigenvalue weighted by atomic mass is 35.5. The van der Waals surface area contributed by atoms with Gasteiger partial charge in [0.05, 0.1) is 29.3 Å². The highest BCUT2D eigenvalue weighted by molar-refractivity contribution is 6.42. The minimum atomic E-state index is -0.605. The van der Waals surface area contributed by atoms with Crippen LogP contribution in [0.2, 0.25) is 10.0 Å². The Morgan fingerprint density at radius 3 is 2.67 bits per heavy atom. The van der Waals surface area contributed by atoms with Gasteiger partial charge < -0.3 is 19.5 Å². The number of nitrogens with one attached hydrogen (secondary N) is 1. The fourth-order valence-corrected chi connectivity index (χ4v) is 3.89. The third kappa shape index (κ3) is 4.60. The van der Waals surface area contributed by atoms with Crippen molar-refractivity contribution >= 4 is 35.1 Å². The lowest BCUT2D eigenvalue weighted by Crippen LogP contribution is -2.29. The predicted molar refractivity (Wildman–Crippen MR) is 123 cm³/mol. The summed E-state index contributed by atoms with van der Waals surface area (Å²) in [5.41, 5.74) is 2.59. The average molecular weight is 490 g/mol. The molecule has 2 aromatic carbocycles. The summed E-state index contributed by atoms with van der Waals surface area (Å²) in [5, 5.41) is 15.7. The van der Waals surface area contributed by atoms with Gasteiger partial charge in [-0.1, -0.05) is 40.4 Å². The van der Waals surface area contributed by atoms with Gasteiger partial charge in [0.15, 0.2) is 11.5 Å². The van der Waals surface area contributed by atoms with E-state index in [1.807, 2.05) is 25.1 Å². The molecule has 1 unspecified atom stereocenters. The normalized spacial score (nSPS) is 15.0. The molecule has 0 saturated heterocycles. The van der Waals surface area contributed by atoms with Gasteiger partial charge in [-0.2, -0.15) is 4.68 Å². The molecule has 0 fully saturated rings. The Morgan fingerprint density at radius 2 is 1.94 bits per heavy atom. The van der Waals surface area contributed by atoms with E-state index in [4.69, 9.17) is 37.4 Å². The molecule has 2 heterocycles. The molecule has 11 heteroatoms. The summed E-state index contributed by atoms with van der Waals surface area (Å²) in [7, 11) is 1.33. The maximum absolute atomic E-state index is 12.6. The van der Waals surface area contributed by atoms with Gasteiger partial charge in [-0.15, -0.1) is 0 Å². The number of esters is 1. The number of halogens is 2. The predicted octanol–water partition coefficient (Wildman–Crippen LogP) is 4.42. The van der Waals surface area contributed by atoms with Gasteiger partial charge in [-0.05, 0) is 59.7 Å². The number of hydrogen-bond donors (Lipinski definition) is 1. The number of ether oxygens (including phenoxy) is 3. The molecule has 0 saturated carbocycles. The van der Waals surface area contributed by atoms with E-state index in [1.54, 1.807) is 25.1 Å². The number of nitrogens with zero attached hydrogens (tertiary/aromatic N) is 4. The molecule has 0 radical (unpaired) electrons. The Balaban J connectivity index is 1.69. The van der Waals surface area contributed by atoms with Crippen LogP contribution in [0.3, 0.4) is 0 Å². The third-order valence-electron chi connectivity index (χ3n) is 5.08. The zero-order valence-corrected chi connectivity index (χ0v) is 19.6. The van der Waals surface area contributed by atoms with E-state index < -0.39 is 12.0 Å². The molecule has 0 aliphatic carbocycles. The standard InChI is InChI=1S/C22H21Cl2N5O4/c1-4-32-18-10-14(6-8-17(18)33-11-13-5-7-15(23)16(24)9-13)20-19(21(30)31-3)12(2)25-22-26-27-28-29(20)22/h5-10,20H,4,11H2,1-3H3,(H,25,26,28). The van der Waals surface area contributed by atoms with Crippen LogP contribution in [0, 0.1) is 0 Å². The average Bonchev–Trinajstić information content (AvgIpc) is 3.27. The molecule has 172 valence electrons. The molecule has 1 aliphatic rings. The zero-order valence-electron chi connectivity index (χ0n) is 18.1. The Labute approximate surface area is 200 Å². The van der Waals surface area contributed by atoms with Gasteiger partial charge in [0.2, 0.25) is 5.95 Å². The molecule has 1 atom stereocenters. The van der Waals surface area contributed by atoms with Crippen molar-refractivity contribution in [2.24, 2.45) is 0 Å². The number of fused-ring (bicyclic) bond motifs is 1. The maximum atomic E-state index is 12.6. The van der Waals surface area contributed by atoms with E-state index in [2.05, 4.69) is 20.8 Å². The van der Waals surface area contributed by atoms with Gasteiger partial charge in [0.1, 0.15) is 12.6 Å². The minimum Gasteiger partial charge on any atom is -0.490 e. The molecule has 9 nitrogen and oxygen atoms in total. The van der Waals surface area contributed by atoms with Gasteiger partial charge >= 0.3 is 5.97 Å². The third-order valence-corrected chi connectivity index (χ3v) is 5.82. The number of methoxy groups -OCH3 is 1. The van der Waals surface area contributed by atoms with Gasteiger partial charge in [-0.25, -0.2) is 4.79 Å². The molecule has 1 N–H and O–H groups in total. The van der Waals surface area contributed by atoms with Crippen molar-refractivity contribution in [3.05, 3.63) is 68.8 Å². The van der Waals surface area contributed by atoms with Crippen LogP contribution in [0.5, 0.6) is 11.5 Å². The second-order valence-electron chi connectivity index (χ2n) is 7.18. The van der Waals surface area contributed by atoms with Crippen LogP contribution in [0.4, 0.5) is 5.95 Å². The van der Waals surface area contributed by atoms with Crippen molar-refractivity contribution in [1.29, 1.82) is 0 Å². The van der Waals surface area contributed by atoms with Crippen LogP contribution in [-0.4, -0.2) is 39.9 Å². The van der Waals surface area contributed by atoms with Crippen LogP contribution >= 0.6 is 23.2 Å². The van der Waals surface area contributed by atoms with E-state index >= 15 is 0 Å². The molecule has 33 heavy (non-hydrogen) atoms. The van der Waals surface area contributed by atoms with E-state index in [-0.39, 0.29) is 6.61 Å². The molecule has 4 rings (SSSR count). The quantitative estimate of drug-likeness (QED) is 0.486. The van der Waals surface area contributed by atoms with Crippen LogP contribution in [0.25, 0.3) is 0 Å². The number of benzene rings is 2. The molecule has 1 aliphatic heterocycles. The van der Waals surface area contributed by atoms with Crippen molar-refractivity contribution in [2.75, 3.05) is 19.0 Å². The van der Waals surface area contributed by atoms with E-state index in [0.29, 0.717) is 45.4 Å². The Hall–Kier alpha value is -3.30. The van der Waals surface area contributed by atoms with E-state index in [0.717, 1.165) is 11.1 Å². The van der Waals surface area contributed by atoms with E-state index in [1.165, 1.54) is 11.8 Å². The number of aromatic nitrogens is 4. The first-order valence-corrected chi connectivity index (χ1v) is 10.9. The smallest absolute Gasteiger partial charge is 0.338 e. The van der Waals surface area contributed by atoms with Crippen molar-refractivity contribution < 1.29 is 19.0 Å². The topological polar surface area (TPSA) is 100 Å². The summed E-state index contributed by atoms with van der Waals surface area (Å²) in [4.78, 5) is 12.6. The van der Waals surface area contributed by atoms with Crippen LogP contribution in [0.15, 0.2) is 47.7 Å². The number of hydrogen-bond acceptors (Lipinski definition) is 8. The molecule has 0 spiro atoms. The minimum absolute atomic E-state index is 0.271. The first kappa shape index (κ1) is 22.9. The molecule has 1 aromatic heterocycles. The Bertz CT molecular complexity index is 1230. The van der Waals surface area contributed by atoms with Gasteiger partial charge in [-0.3, -0.25) is 0 Å². The van der Waals surface area contributed by atoms with Crippen molar-refractivity contribution in [2.45, 2.75) is 26.5 Å². The van der Waals surface area contributed by atoms with Crippen molar-refractivity contribution in [1.82, 2.24) is 20.2 Å². The van der Waals surface area contributed by atoms with E-state index in [9.17, 15) is 4.79 Å². The summed E-state index contributed by atoms with van der Waals surface area (Å²) in [5.74, 6) is 0.995. The van der Waals surface area contributed by atoms with Gasteiger partial charge in [0.25, 0.3) is 0 Å². The fourth-order valence-electron chi connectivity index (χ4n) is 3.57. The maximum Gasteiger partial charge on any atom is 0.338 e. The van der Waals surface area contributed by atoms with Crippen LogP contribution < -0.4 is 14.8 Å². The fraction of sp³-hybridized carbons (Fsp3) is 0.273. The molecule has 0 amide bonds. The molecule has 3 aromatic rings. The number of carbonyl (C=O) groups is 1. The zero-order chi connectivity index (χ0) is 23.5. The van der Waals surface area contributed by atoms with Crippen LogP contribution in [0.1, 0.15) is 31.0 Å². The second-order valence-corrected chi connectivity index (χ2v) is 8.00. The molecular formula is C22H21Cl2N5O4. The summed E-state index contributed by atoms with van der Waals surface area (Å²) < 4.78 is 18.4. The lowest BCUT2D eigenvalue weighted by atomic mass is 9.95. The molecule has 0 bridgehead atoms. The highest BCUT2D eigenvalue weighted by Gasteiger charge is 2.35. The highest BCUT2D eigenvalue weighted by Crippen LogP contribution is 2.39. The largest absolute Gasteiger partial charge is 0.490 e. The first-order chi connectivity index (χ1) is 15.9. The summed E-state index contributed by atoms with van der Waals surface area (Å²) in [6, 6.07) is 10.1. The lowest BCUT2D eigenvalue weighted by molar-refractivity contribution is -0.136. The SMILES string of the molecule is CCOc1cc(C2C(C(=O)OC)=C(C)Nc3nnnn32)ccc1OCc1ccc(Cl)c(Cl)c1. The van der Waals surface area contributed by atoms with Crippen LogP contribution in [-0.2, 0) is 16.1 Å². The van der Waals surface area contributed by atoms with Crippen molar-refractivity contribution in [3.8, 4) is 11.5 Å². The summed E-state index contributed by atoms with van der Waals surface area (Å²) in [6.45, 7) is 4.35. The Kier molecular flexibility index (Phi) is 6.71. The number of anilines is 1. The number of allylic oxidation sites excluding steroid dienone is 1. The molecular weight excluding hydrogens is 469 g/mol. The Morgan fingerprint density at radius 1 is 1.12 bits per heavy atom. The van der Waals surface area contributed by atoms with Crippen molar-refractivity contribution in [3.63, 3.8) is 0 Å². The second kappa shape index (κ2) is 9.68. The summed E-state index contributed by atoms with van der Waals surface area (Å²) in [6.07, 6.45) is 0. The lowest BCUT2D eigenvalue weighted by Gasteiger charge is -2.27. The first-order valence-electron chi connectivity index (χ1n) is 10.1. The van der Waals surface area contributed by atoms with Gasteiger partial charge in [0, 0.05) is 5.70 Å². The number of tetrazole rings is 1. The monoisotopic (exact) mass is 489 g/mol. The number of rotatable bonds is 7. The number of carbonyl (C=O) groups excluding carboxylic acids is 1. The summed E-state index contributed by atoms with van der Waals surface area (Å²) >= 11 is 12.1.